The average Bonchev–Trinajstić information content (AvgIpc) is 2.72. The fourth-order valence-corrected chi connectivity index (χ4v) is 2.78. The maximum absolute atomic E-state index is 9.31. The second-order valence-electron chi connectivity index (χ2n) is 4.40. The molecule has 2 rings (SSSR count). The van der Waals surface area contributed by atoms with Crippen molar-refractivity contribution in [1.82, 2.24) is 4.90 Å². The third kappa shape index (κ3) is 2.04. The summed E-state index contributed by atoms with van der Waals surface area (Å²) >= 11 is 0. The molecule has 14 heavy (non-hydrogen) atoms. The van der Waals surface area contributed by atoms with Gasteiger partial charge in [-0.05, 0) is 38.8 Å². The van der Waals surface area contributed by atoms with E-state index in [1.807, 2.05) is 0 Å². The highest BCUT2D eigenvalue weighted by atomic mass is 35.5. The molecule has 0 bridgehead atoms. The second-order valence-corrected chi connectivity index (χ2v) is 4.40. The molecular formula is C11H19ClN2. The molecule has 0 unspecified atom stereocenters. The predicted molar refractivity (Wildman–Crippen MR) is 59.5 cm³/mol. The van der Waals surface area contributed by atoms with Gasteiger partial charge in [0.1, 0.15) is 5.54 Å². The minimum atomic E-state index is -0.0608. The number of nitriles is 1. The lowest BCUT2D eigenvalue weighted by Crippen LogP contribution is -2.47. The van der Waals surface area contributed by atoms with Crippen LogP contribution < -0.4 is 0 Å². The Bertz CT molecular complexity index is 210. The molecule has 0 atom stereocenters. The lowest BCUT2D eigenvalue weighted by atomic mass is 9.81. The number of halogens is 1. The van der Waals surface area contributed by atoms with Crippen LogP contribution in [0.5, 0.6) is 0 Å². The monoisotopic (exact) mass is 214 g/mol. The molecule has 1 saturated carbocycles. The van der Waals surface area contributed by atoms with Gasteiger partial charge in [0.05, 0.1) is 6.07 Å². The van der Waals surface area contributed by atoms with Crippen LogP contribution in [0.25, 0.3) is 0 Å². The summed E-state index contributed by atoms with van der Waals surface area (Å²) in [4.78, 5) is 2.44. The number of hydrogen-bond acceptors (Lipinski definition) is 2. The number of hydrogen-bond donors (Lipinski definition) is 0. The summed E-state index contributed by atoms with van der Waals surface area (Å²) in [5, 5.41) is 9.31. The van der Waals surface area contributed by atoms with Gasteiger partial charge in [-0.1, -0.05) is 19.3 Å². The highest BCUT2D eigenvalue weighted by Crippen LogP contribution is 2.35. The van der Waals surface area contributed by atoms with Gasteiger partial charge in [-0.15, -0.1) is 12.4 Å². The van der Waals surface area contributed by atoms with E-state index in [0.717, 1.165) is 25.9 Å². The van der Waals surface area contributed by atoms with E-state index in [1.165, 1.54) is 32.1 Å². The Morgan fingerprint density at radius 2 is 1.50 bits per heavy atom. The van der Waals surface area contributed by atoms with E-state index >= 15 is 0 Å². The molecule has 2 aliphatic rings. The van der Waals surface area contributed by atoms with Crippen LogP contribution in [0.1, 0.15) is 44.9 Å². The van der Waals surface area contributed by atoms with E-state index in [0.29, 0.717) is 0 Å². The minimum Gasteiger partial charge on any atom is -0.286 e. The summed E-state index contributed by atoms with van der Waals surface area (Å²) in [6.45, 7) is 2.32. The smallest absolute Gasteiger partial charge is 0.109 e. The third-order valence-electron chi connectivity index (χ3n) is 3.60. The lowest BCUT2D eigenvalue weighted by molar-refractivity contribution is 0.126. The Labute approximate surface area is 92.7 Å². The van der Waals surface area contributed by atoms with Crippen molar-refractivity contribution in [1.29, 1.82) is 5.26 Å². The first kappa shape index (κ1) is 11.8. The minimum absolute atomic E-state index is 0. The van der Waals surface area contributed by atoms with E-state index in [-0.39, 0.29) is 17.9 Å². The topological polar surface area (TPSA) is 27.0 Å². The summed E-state index contributed by atoms with van der Waals surface area (Å²) in [6, 6.07) is 2.59. The summed E-state index contributed by atoms with van der Waals surface area (Å²) in [5.74, 6) is 0. The normalized spacial score (nSPS) is 26.5. The lowest BCUT2D eigenvalue weighted by Gasteiger charge is -2.38. The molecule has 0 aromatic rings. The maximum atomic E-state index is 9.31. The van der Waals surface area contributed by atoms with E-state index in [4.69, 9.17) is 0 Å². The molecule has 0 amide bonds. The average molecular weight is 215 g/mol. The first-order chi connectivity index (χ1) is 6.37. The quantitative estimate of drug-likeness (QED) is 0.671. The van der Waals surface area contributed by atoms with Crippen LogP contribution in [0.15, 0.2) is 0 Å². The van der Waals surface area contributed by atoms with E-state index in [2.05, 4.69) is 11.0 Å². The standard InChI is InChI=1S/C11H18N2.ClH/c12-10-11(6-2-1-3-7-11)13-8-4-5-9-13;/h1-9H2;1H. The molecule has 1 heterocycles. The summed E-state index contributed by atoms with van der Waals surface area (Å²) < 4.78 is 0. The molecule has 0 aromatic carbocycles. The molecular weight excluding hydrogens is 196 g/mol. The van der Waals surface area contributed by atoms with Gasteiger partial charge in [0, 0.05) is 0 Å². The van der Waals surface area contributed by atoms with Crippen LogP contribution >= 0.6 is 12.4 Å². The van der Waals surface area contributed by atoms with Crippen molar-refractivity contribution in [3.05, 3.63) is 0 Å². The van der Waals surface area contributed by atoms with E-state index in [9.17, 15) is 5.26 Å². The fourth-order valence-electron chi connectivity index (χ4n) is 2.78. The zero-order chi connectivity index (χ0) is 9.15. The summed E-state index contributed by atoms with van der Waals surface area (Å²) in [5.41, 5.74) is -0.0608. The van der Waals surface area contributed by atoms with Crippen molar-refractivity contribution in [2.24, 2.45) is 0 Å². The zero-order valence-electron chi connectivity index (χ0n) is 8.67. The highest BCUT2D eigenvalue weighted by molar-refractivity contribution is 5.85. The summed E-state index contributed by atoms with van der Waals surface area (Å²) in [6.07, 6.45) is 8.66. The molecule has 80 valence electrons. The molecule has 2 nitrogen and oxygen atoms in total. The molecule has 0 radical (unpaired) electrons. The van der Waals surface area contributed by atoms with E-state index < -0.39 is 0 Å². The van der Waals surface area contributed by atoms with Crippen molar-refractivity contribution in [2.75, 3.05) is 13.1 Å². The molecule has 1 aliphatic carbocycles. The van der Waals surface area contributed by atoms with Crippen LogP contribution in [0.4, 0.5) is 0 Å². The SMILES string of the molecule is Cl.N#CC1(N2CCCC2)CCCCC1. The molecule has 2 fully saturated rings. The Morgan fingerprint density at radius 3 is 2.00 bits per heavy atom. The maximum Gasteiger partial charge on any atom is 0.109 e. The van der Waals surface area contributed by atoms with Crippen LogP contribution in [0, 0.1) is 11.3 Å². The molecule has 1 saturated heterocycles. The van der Waals surface area contributed by atoms with Gasteiger partial charge in [-0.3, -0.25) is 4.90 Å². The van der Waals surface area contributed by atoms with Gasteiger partial charge in [0.2, 0.25) is 0 Å². The van der Waals surface area contributed by atoms with Crippen LogP contribution in [-0.4, -0.2) is 23.5 Å². The second kappa shape index (κ2) is 5.00. The van der Waals surface area contributed by atoms with Gasteiger partial charge in [-0.2, -0.15) is 5.26 Å². The molecule has 3 heteroatoms. The van der Waals surface area contributed by atoms with Gasteiger partial charge < -0.3 is 0 Å². The Kier molecular flexibility index (Phi) is 4.22. The van der Waals surface area contributed by atoms with Crippen LogP contribution in [-0.2, 0) is 0 Å². The van der Waals surface area contributed by atoms with Gasteiger partial charge in [0.25, 0.3) is 0 Å². The summed E-state index contributed by atoms with van der Waals surface area (Å²) in [7, 11) is 0. The van der Waals surface area contributed by atoms with Crippen molar-refractivity contribution in [3.63, 3.8) is 0 Å². The first-order valence-electron chi connectivity index (χ1n) is 5.54. The first-order valence-corrected chi connectivity index (χ1v) is 5.54. The highest BCUT2D eigenvalue weighted by Gasteiger charge is 2.39. The number of likely N-dealkylation sites (tertiary alicyclic amines) is 1. The van der Waals surface area contributed by atoms with Crippen molar-refractivity contribution >= 4 is 12.4 Å². The molecule has 0 N–H and O–H groups in total. The molecule has 1 aliphatic heterocycles. The van der Waals surface area contributed by atoms with Crippen LogP contribution in [0.2, 0.25) is 0 Å². The van der Waals surface area contributed by atoms with Gasteiger partial charge >= 0.3 is 0 Å². The Balaban J connectivity index is 0.000000980. The largest absolute Gasteiger partial charge is 0.286 e. The predicted octanol–water partition coefficient (Wildman–Crippen LogP) is 2.73. The number of nitrogens with zero attached hydrogens (tertiary/aromatic N) is 2. The van der Waals surface area contributed by atoms with Crippen molar-refractivity contribution in [3.8, 4) is 6.07 Å². The van der Waals surface area contributed by atoms with Crippen molar-refractivity contribution in [2.45, 2.75) is 50.5 Å². The Morgan fingerprint density at radius 1 is 0.929 bits per heavy atom. The Hall–Kier alpha value is -0.260. The van der Waals surface area contributed by atoms with Gasteiger partial charge in [0.15, 0.2) is 0 Å². The van der Waals surface area contributed by atoms with Crippen LogP contribution in [0.3, 0.4) is 0 Å². The molecule has 0 aromatic heterocycles. The fraction of sp³-hybridized carbons (Fsp3) is 0.909. The van der Waals surface area contributed by atoms with Crippen molar-refractivity contribution < 1.29 is 0 Å². The number of rotatable bonds is 1. The zero-order valence-corrected chi connectivity index (χ0v) is 9.48. The molecule has 0 spiro atoms. The third-order valence-corrected chi connectivity index (χ3v) is 3.60. The van der Waals surface area contributed by atoms with E-state index in [1.54, 1.807) is 0 Å². The van der Waals surface area contributed by atoms with Gasteiger partial charge in [-0.25, -0.2) is 0 Å².